The van der Waals surface area contributed by atoms with E-state index in [1.807, 2.05) is 6.08 Å². The quantitative estimate of drug-likeness (QED) is 0.0261. The molecule has 0 heterocycles. The van der Waals surface area contributed by atoms with Crippen molar-refractivity contribution in [3.8, 4) is 0 Å². The van der Waals surface area contributed by atoms with Crippen molar-refractivity contribution in [1.29, 1.82) is 0 Å². The normalized spacial score (nSPS) is 12.5. The molecule has 1 atom stereocenters. The molecule has 0 bridgehead atoms. The van der Waals surface area contributed by atoms with E-state index in [1.54, 1.807) is 6.08 Å². The second-order valence-electron chi connectivity index (χ2n) is 21.3. The Labute approximate surface area is 459 Å². The predicted octanol–water partition coefficient (Wildman–Crippen LogP) is 21.7. The summed E-state index contributed by atoms with van der Waals surface area (Å²) in [6.07, 6.45) is 81.3. The minimum Gasteiger partial charge on any atom is -0.462 e. The Morgan fingerprint density at radius 1 is 0.297 bits per heavy atom. The number of hydrogen-bond acceptors (Lipinski definition) is 6. The van der Waals surface area contributed by atoms with Crippen molar-refractivity contribution in [2.45, 2.75) is 329 Å². The molecule has 6 heteroatoms. The van der Waals surface area contributed by atoms with E-state index in [9.17, 15) is 14.4 Å². The van der Waals surface area contributed by atoms with Gasteiger partial charge in [-0.25, -0.2) is 0 Å². The molecule has 0 aliphatic heterocycles. The summed E-state index contributed by atoms with van der Waals surface area (Å²) in [6.45, 7) is 6.44. The first-order valence-corrected chi connectivity index (χ1v) is 31.9. The minimum atomic E-state index is -0.825. The van der Waals surface area contributed by atoms with Gasteiger partial charge in [0, 0.05) is 12.8 Å². The van der Waals surface area contributed by atoms with Gasteiger partial charge >= 0.3 is 17.9 Å². The number of ether oxygens (including phenoxy) is 3. The van der Waals surface area contributed by atoms with E-state index >= 15 is 0 Å². The van der Waals surface area contributed by atoms with Gasteiger partial charge in [-0.2, -0.15) is 0 Å². The third kappa shape index (κ3) is 59.7. The van der Waals surface area contributed by atoms with Crippen LogP contribution in [-0.2, 0) is 28.6 Å². The second-order valence-corrected chi connectivity index (χ2v) is 21.3. The zero-order valence-corrected chi connectivity index (χ0v) is 49.1. The molecule has 74 heavy (non-hydrogen) atoms. The monoisotopic (exact) mass is 1030 g/mol. The number of rotatable bonds is 58. The topological polar surface area (TPSA) is 78.9 Å². The first-order chi connectivity index (χ1) is 36.5. The average Bonchev–Trinajstić information content (AvgIpc) is 3.40. The molecule has 0 aliphatic rings. The maximum atomic E-state index is 12.7. The van der Waals surface area contributed by atoms with Gasteiger partial charge in [-0.1, -0.05) is 306 Å². The Balaban J connectivity index is 4.05. The molecule has 0 radical (unpaired) electrons. The molecule has 0 saturated carbocycles. The molecule has 0 aromatic rings. The van der Waals surface area contributed by atoms with Crippen molar-refractivity contribution in [3.63, 3.8) is 0 Å². The van der Waals surface area contributed by atoms with Gasteiger partial charge in [0.1, 0.15) is 13.2 Å². The van der Waals surface area contributed by atoms with E-state index < -0.39 is 12.1 Å². The largest absolute Gasteiger partial charge is 0.462 e. The summed E-state index contributed by atoms with van der Waals surface area (Å²) in [5, 5.41) is 0. The molecule has 0 aliphatic carbocycles. The summed E-state index contributed by atoms with van der Waals surface area (Å²) in [6, 6.07) is 0. The van der Waals surface area contributed by atoms with Gasteiger partial charge in [0.25, 0.3) is 0 Å². The van der Waals surface area contributed by atoms with Crippen LogP contribution in [0.1, 0.15) is 323 Å². The average molecular weight is 1030 g/mol. The third-order valence-corrected chi connectivity index (χ3v) is 14.0. The molecule has 0 aromatic carbocycles. The fraction of sp³-hybridized carbons (Fsp3) is 0.779. The van der Waals surface area contributed by atoms with Gasteiger partial charge in [-0.15, -0.1) is 0 Å². The van der Waals surface area contributed by atoms with Gasteiger partial charge in [0.15, 0.2) is 6.10 Å². The number of carbonyl (C=O) groups is 3. The summed E-state index contributed by atoms with van der Waals surface area (Å²) < 4.78 is 16.7. The number of carbonyl (C=O) groups excluding carboxylic acids is 3. The Bertz CT molecular complexity index is 1370. The molecular weight excluding hydrogens is 913 g/mol. The summed E-state index contributed by atoms with van der Waals surface area (Å²) in [5.41, 5.74) is 0. The smallest absolute Gasteiger partial charge is 0.310 e. The van der Waals surface area contributed by atoms with E-state index in [0.717, 1.165) is 70.6 Å². The highest BCUT2D eigenvalue weighted by atomic mass is 16.6. The Morgan fingerprint density at radius 3 is 0.878 bits per heavy atom. The maximum absolute atomic E-state index is 12.7. The van der Waals surface area contributed by atoms with Crippen LogP contribution in [0.2, 0.25) is 0 Å². The lowest BCUT2D eigenvalue weighted by molar-refractivity contribution is -0.166. The van der Waals surface area contributed by atoms with Gasteiger partial charge in [0.2, 0.25) is 0 Å². The van der Waals surface area contributed by atoms with Crippen molar-refractivity contribution in [1.82, 2.24) is 0 Å². The van der Waals surface area contributed by atoms with Crippen LogP contribution in [0.25, 0.3) is 0 Å². The van der Waals surface area contributed by atoms with Gasteiger partial charge in [0.05, 0.1) is 6.42 Å². The zero-order valence-electron chi connectivity index (χ0n) is 49.1. The molecule has 0 N–H and O–H groups in total. The molecule has 0 saturated heterocycles. The molecule has 0 aromatic heterocycles. The van der Waals surface area contributed by atoms with E-state index in [-0.39, 0.29) is 31.6 Å². The molecular formula is C68H120O6. The molecule has 0 fully saturated rings. The number of allylic oxidation sites excluding steroid dienone is 11. The highest BCUT2D eigenvalue weighted by Gasteiger charge is 2.19. The van der Waals surface area contributed by atoms with Crippen LogP contribution in [0.5, 0.6) is 0 Å². The van der Waals surface area contributed by atoms with Crippen LogP contribution in [0.4, 0.5) is 0 Å². The number of esters is 3. The Morgan fingerprint density at radius 2 is 0.568 bits per heavy atom. The van der Waals surface area contributed by atoms with Gasteiger partial charge in [-0.05, 0) is 70.6 Å². The van der Waals surface area contributed by atoms with Crippen molar-refractivity contribution in [3.05, 3.63) is 72.9 Å². The lowest BCUT2D eigenvalue weighted by atomic mass is 10.0. The fourth-order valence-corrected chi connectivity index (χ4v) is 9.22. The van der Waals surface area contributed by atoms with Crippen LogP contribution in [0.15, 0.2) is 72.9 Å². The Kier molecular flexibility index (Phi) is 59.7. The van der Waals surface area contributed by atoms with Crippen LogP contribution >= 0.6 is 0 Å². The van der Waals surface area contributed by atoms with Crippen molar-refractivity contribution >= 4 is 17.9 Å². The van der Waals surface area contributed by atoms with Crippen LogP contribution in [0.3, 0.4) is 0 Å². The van der Waals surface area contributed by atoms with E-state index in [1.165, 1.54) is 212 Å². The van der Waals surface area contributed by atoms with Crippen molar-refractivity contribution in [2.75, 3.05) is 13.2 Å². The molecule has 0 amide bonds. The molecule has 1 unspecified atom stereocenters. The zero-order chi connectivity index (χ0) is 53.6. The highest BCUT2D eigenvalue weighted by molar-refractivity contribution is 5.72. The SMILES string of the molecule is CC/C=C\C/C=C\C/C=C\C/C=C\C/C=C\CC(=O)OC(COC(=O)CCCCCCCCCC)COC(=O)CCCCCCCCCCCCCCCCCCCCCCC/C=C\CCCCCCCCCC. The second kappa shape index (κ2) is 62.4. The lowest BCUT2D eigenvalue weighted by Crippen LogP contribution is -2.30. The molecule has 0 spiro atoms. The predicted molar refractivity (Wildman–Crippen MR) is 321 cm³/mol. The first-order valence-electron chi connectivity index (χ1n) is 31.9. The van der Waals surface area contributed by atoms with E-state index in [0.29, 0.717) is 12.8 Å². The van der Waals surface area contributed by atoms with E-state index in [4.69, 9.17) is 14.2 Å². The van der Waals surface area contributed by atoms with Gasteiger partial charge < -0.3 is 14.2 Å². The summed E-state index contributed by atoms with van der Waals surface area (Å²) in [5.74, 6) is -1.04. The van der Waals surface area contributed by atoms with Crippen LogP contribution in [-0.4, -0.2) is 37.2 Å². The van der Waals surface area contributed by atoms with Crippen LogP contribution in [0, 0.1) is 0 Å². The summed E-state index contributed by atoms with van der Waals surface area (Å²) in [7, 11) is 0. The maximum Gasteiger partial charge on any atom is 0.310 e. The summed E-state index contributed by atoms with van der Waals surface area (Å²) >= 11 is 0. The van der Waals surface area contributed by atoms with Crippen LogP contribution < -0.4 is 0 Å². The lowest BCUT2D eigenvalue weighted by Gasteiger charge is -2.18. The number of hydrogen-bond donors (Lipinski definition) is 0. The molecule has 6 nitrogen and oxygen atoms in total. The third-order valence-electron chi connectivity index (χ3n) is 14.0. The fourth-order valence-electron chi connectivity index (χ4n) is 9.22. The van der Waals surface area contributed by atoms with E-state index in [2.05, 4.69) is 81.5 Å². The Hall–Kier alpha value is -3.15. The van der Waals surface area contributed by atoms with Crippen molar-refractivity contribution < 1.29 is 28.6 Å². The highest BCUT2D eigenvalue weighted by Crippen LogP contribution is 2.17. The summed E-state index contributed by atoms with van der Waals surface area (Å²) in [4.78, 5) is 37.9. The van der Waals surface area contributed by atoms with Crippen molar-refractivity contribution in [2.24, 2.45) is 0 Å². The molecule has 0 rings (SSSR count). The molecule has 428 valence electrons. The van der Waals surface area contributed by atoms with Gasteiger partial charge in [-0.3, -0.25) is 14.4 Å². The first kappa shape index (κ1) is 70.8. The number of unbranched alkanes of at least 4 members (excludes halogenated alkanes) is 36. The standard InChI is InChI=1S/C68H120O6/c1-4-7-10-13-16-19-21-23-25-26-27-28-29-30-31-32-33-34-35-36-37-38-39-40-41-42-44-45-47-49-52-55-58-61-67(70)73-64-65(63-72-66(69)60-57-54-51-18-15-12-9-6-3)74-68(71)62-59-56-53-50-48-46-43-24-22-20-17-14-11-8-5-2/h8,11,17,20,24,26-27,43,48,50,56,59,65H,4-7,9-10,12-16,18-19,21-23,25,28-42,44-47,49,51-55,57-58,60-64H2,1-3H3/b11-8-,20-17-,27-26-,43-24-,50-48-,59-56-. The minimum absolute atomic E-state index is 0.100.